The van der Waals surface area contributed by atoms with Gasteiger partial charge in [0.2, 0.25) is 21.6 Å². The Hall–Kier alpha value is -1.28. The topological polar surface area (TPSA) is 118 Å². The highest BCUT2D eigenvalue weighted by atomic mass is 32.2. The quantitative estimate of drug-likeness (QED) is 0.471. The van der Waals surface area contributed by atoms with E-state index >= 15 is 0 Å². The highest BCUT2D eigenvalue weighted by molar-refractivity contribution is 7.89. The molecule has 0 saturated heterocycles. The number of aliphatic carboxylic acids is 1. The molecule has 2 saturated carbocycles. The van der Waals surface area contributed by atoms with Gasteiger partial charge < -0.3 is 5.11 Å². The van der Waals surface area contributed by atoms with Crippen LogP contribution < -0.4 is 4.72 Å². The first-order chi connectivity index (χ1) is 11.0. The maximum Gasteiger partial charge on any atom is 0.303 e. The van der Waals surface area contributed by atoms with Crippen LogP contribution in [0.1, 0.15) is 52.4 Å². The second-order valence-corrected chi connectivity index (χ2v) is 9.25. The molecule has 7 nitrogen and oxygen atoms in total. The minimum Gasteiger partial charge on any atom is -0.481 e. The third kappa shape index (κ3) is 3.26. The molecule has 2 bridgehead atoms. The van der Waals surface area contributed by atoms with Crippen LogP contribution in [0.15, 0.2) is 0 Å². The molecule has 24 heavy (non-hydrogen) atoms. The number of Topliss-reactive ketones (excluding diaryl/α,β-unsaturated/α-hetero) is 2. The zero-order chi connectivity index (χ0) is 18.2. The monoisotopic (exact) mass is 359 g/mol. The van der Waals surface area contributed by atoms with Crippen molar-refractivity contribution in [1.29, 1.82) is 0 Å². The lowest BCUT2D eigenvalue weighted by molar-refractivity contribution is -0.141. The predicted molar refractivity (Wildman–Crippen MR) is 86.8 cm³/mol. The minimum absolute atomic E-state index is 0.0715. The lowest BCUT2D eigenvalue weighted by Gasteiger charge is -2.35. The smallest absolute Gasteiger partial charge is 0.303 e. The largest absolute Gasteiger partial charge is 0.481 e. The predicted octanol–water partition coefficient (Wildman–Crippen LogP) is 1.13. The number of carbonyl (C=O) groups is 3. The summed E-state index contributed by atoms with van der Waals surface area (Å²) < 4.78 is 27.2. The highest BCUT2D eigenvalue weighted by Crippen LogP contribution is 2.62. The fourth-order valence-electron chi connectivity index (χ4n) is 4.17. The van der Waals surface area contributed by atoms with Gasteiger partial charge in [0.05, 0.1) is 11.2 Å². The molecule has 2 N–H and O–H groups in total. The molecule has 0 aromatic carbocycles. The van der Waals surface area contributed by atoms with Crippen molar-refractivity contribution in [1.82, 2.24) is 4.72 Å². The molecule has 2 atom stereocenters. The van der Waals surface area contributed by atoms with Gasteiger partial charge in [0.15, 0.2) is 0 Å². The third-order valence-corrected chi connectivity index (χ3v) is 7.28. The molecule has 2 aliphatic rings. The zero-order valence-corrected chi connectivity index (χ0v) is 14.9. The summed E-state index contributed by atoms with van der Waals surface area (Å²) in [5, 5.41) is 8.54. The summed E-state index contributed by atoms with van der Waals surface area (Å²) in [6, 6.07) is 0. The van der Waals surface area contributed by atoms with Crippen LogP contribution in [0.5, 0.6) is 0 Å². The Morgan fingerprint density at radius 2 is 1.92 bits per heavy atom. The lowest BCUT2D eigenvalue weighted by Crippen LogP contribution is -2.46. The Morgan fingerprint density at radius 3 is 2.46 bits per heavy atom. The van der Waals surface area contributed by atoms with Gasteiger partial charge in [0.25, 0.3) is 0 Å². The van der Waals surface area contributed by atoms with Gasteiger partial charge in [-0.3, -0.25) is 14.4 Å². The van der Waals surface area contributed by atoms with E-state index in [9.17, 15) is 22.8 Å². The van der Waals surface area contributed by atoms with Crippen molar-refractivity contribution in [2.45, 2.75) is 52.4 Å². The van der Waals surface area contributed by atoms with Gasteiger partial charge in [-0.1, -0.05) is 20.3 Å². The molecular formula is C16H25NO6S. The summed E-state index contributed by atoms with van der Waals surface area (Å²) in [6.45, 7) is 3.84. The Labute approximate surface area is 142 Å². The normalized spacial score (nSPS) is 28.5. The fraction of sp³-hybridized carbons (Fsp3) is 0.812. The van der Waals surface area contributed by atoms with Gasteiger partial charge in [-0.25, -0.2) is 13.1 Å². The fourth-order valence-corrected chi connectivity index (χ4v) is 6.02. The van der Waals surface area contributed by atoms with Crippen LogP contribution in [-0.2, 0) is 24.4 Å². The van der Waals surface area contributed by atoms with E-state index in [1.54, 1.807) is 0 Å². The molecule has 0 heterocycles. The molecule has 136 valence electrons. The average molecular weight is 359 g/mol. The summed E-state index contributed by atoms with van der Waals surface area (Å²) in [7, 11) is -3.68. The van der Waals surface area contributed by atoms with Gasteiger partial charge in [-0.15, -0.1) is 0 Å². The maximum absolute atomic E-state index is 12.4. The van der Waals surface area contributed by atoms with Crippen LogP contribution >= 0.6 is 0 Å². The lowest BCUT2D eigenvalue weighted by atomic mass is 9.70. The molecule has 2 rings (SSSR count). The van der Waals surface area contributed by atoms with Gasteiger partial charge >= 0.3 is 5.97 Å². The number of hydrogen-bond donors (Lipinski definition) is 2. The van der Waals surface area contributed by atoms with Crippen LogP contribution in [0.3, 0.4) is 0 Å². The van der Waals surface area contributed by atoms with Crippen molar-refractivity contribution in [3.05, 3.63) is 0 Å². The van der Waals surface area contributed by atoms with Crippen molar-refractivity contribution in [2.24, 2.45) is 16.7 Å². The van der Waals surface area contributed by atoms with Gasteiger partial charge in [-0.05, 0) is 31.1 Å². The second kappa shape index (κ2) is 6.55. The molecule has 0 amide bonds. The van der Waals surface area contributed by atoms with Crippen LogP contribution in [-0.4, -0.2) is 43.4 Å². The number of nitrogens with one attached hydrogen (secondary N) is 1. The number of hydrogen-bond acceptors (Lipinski definition) is 5. The van der Waals surface area contributed by atoms with E-state index in [0.717, 1.165) is 0 Å². The van der Waals surface area contributed by atoms with Crippen LogP contribution in [0.25, 0.3) is 0 Å². The van der Waals surface area contributed by atoms with E-state index in [4.69, 9.17) is 5.11 Å². The molecular weight excluding hydrogens is 334 g/mol. The number of carboxylic acids is 1. The number of ketones is 2. The van der Waals surface area contributed by atoms with Crippen LogP contribution in [0.4, 0.5) is 0 Å². The molecule has 0 radical (unpaired) electrons. The first-order valence-electron chi connectivity index (χ1n) is 8.31. The number of unbranched alkanes of at least 4 members (excludes halogenated alkanes) is 2. The van der Waals surface area contributed by atoms with Crippen LogP contribution in [0.2, 0.25) is 0 Å². The second-order valence-electron chi connectivity index (χ2n) is 7.45. The number of fused-ring (bicyclic) bond motifs is 2. The molecule has 0 aromatic rings. The Balaban J connectivity index is 1.93. The Bertz CT molecular complexity index is 653. The molecule has 2 aliphatic carbocycles. The molecule has 8 heteroatoms. The van der Waals surface area contributed by atoms with Gasteiger partial charge in [0.1, 0.15) is 0 Å². The van der Waals surface area contributed by atoms with E-state index in [1.807, 2.05) is 13.8 Å². The molecule has 2 fully saturated rings. The van der Waals surface area contributed by atoms with E-state index in [-0.39, 0.29) is 24.6 Å². The van der Waals surface area contributed by atoms with Crippen LogP contribution in [0, 0.1) is 16.7 Å². The van der Waals surface area contributed by atoms with Crippen molar-refractivity contribution < 1.29 is 27.9 Å². The van der Waals surface area contributed by atoms with E-state index in [0.29, 0.717) is 32.1 Å². The van der Waals surface area contributed by atoms with Gasteiger partial charge in [-0.2, -0.15) is 0 Å². The van der Waals surface area contributed by atoms with Crippen molar-refractivity contribution in [3.8, 4) is 0 Å². The van der Waals surface area contributed by atoms with E-state index in [2.05, 4.69) is 4.72 Å². The summed E-state index contributed by atoms with van der Waals surface area (Å²) in [5.41, 5.74) is -1.73. The highest BCUT2D eigenvalue weighted by Gasteiger charge is 2.69. The van der Waals surface area contributed by atoms with Crippen molar-refractivity contribution in [2.75, 3.05) is 12.3 Å². The summed E-state index contributed by atoms with van der Waals surface area (Å²) in [5.74, 6) is -2.53. The van der Waals surface area contributed by atoms with Crippen molar-refractivity contribution in [3.63, 3.8) is 0 Å². The van der Waals surface area contributed by atoms with E-state index in [1.165, 1.54) is 0 Å². The number of rotatable bonds is 9. The zero-order valence-electron chi connectivity index (χ0n) is 14.1. The van der Waals surface area contributed by atoms with Crippen molar-refractivity contribution >= 4 is 27.6 Å². The number of carboxylic acid groups (broad SMARTS) is 1. The van der Waals surface area contributed by atoms with Gasteiger partial charge in [0, 0.05) is 18.9 Å². The molecule has 0 aliphatic heterocycles. The maximum atomic E-state index is 12.4. The summed E-state index contributed by atoms with van der Waals surface area (Å²) >= 11 is 0. The summed E-state index contributed by atoms with van der Waals surface area (Å²) in [6.07, 6.45) is 2.74. The summed E-state index contributed by atoms with van der Waals surface area (Å²) in [4.78, 5) is 34.8. The van der Waals surface area contributed by atoms with E-state index < -0.39 is 38.4 Å². The Kier molecular flexibility index (Phi) is 5.20. The standard InChI is InChI=1S/C16H25NO6S/c1-15(2)11-7-8-16(15,14(21)13(11)20)10-24(22,23)17-9-5-3-4-6-12(18)19/h11,17H,3-10H2,1-2H3,(H,18,19)/t11-,16-/m1/s1. The number of sulfonamides is 1. The Morgan fingerprint density at radius 1 is 1.25 bits per heavy atom. The average Bonchev–Trinajstić information content (AvgIpc) is 2.77. The molecule has 0 aromatic heterocycles. The SMILES string of the molecule is CC1(C)[C@@H]2CC[C@@]1(CS(=O)(=O)NCCCCCC(=O)O)C(=O)C2=O. The third-order valence-electron chi connectivity index (χ3n) is 5.77. The molecule has 0 spiro atoms. The first kappa shape index (κ1) is 19.1. The number of carbonyl (C=O) groups excluding carboxylic acids is 2. The first-order valence-corrected chi connectivity index (χ1v) is 9.96. The minimum atomic E-state index is -3.68. The molecule has 0 unspecified atom stereocenters.